The summed E-state index contributed by atoms with van der Waals surface area (Å²) in [4.78, 5) is 23.5. The number of methoxy groups -OCH3 is 3. The lowest BCUT2D eigenvalue weighted by Crippen LogP contribution is -2.31. The lowest BCUT2D eigenvalue weighted by molar-refractivity contribution is -0.149. The van der Waals surface area contributed by atoms with Crippen LogP contribution < -0.4 is 0 Å². The maximum absolute atomic E-state index is 12.0. The molecule has 0 aliphatic carbocycles. The van der Waals surface area contributed by atoms with Crippen LogP contribution in [0.5, 0.6) is 0 Å². The Morgan fingerprint density at radius 2 is 1.70 bits per heavy atom. The summed E-state index contributed by atoms with van der Waals surface area (Å²) in [6.07, 6.45) is 4.24. The lowest BCUT2D eigenvalue weighted by atomic mass is 9.75. The van der Waals surface area contributed by atoms with Gasteiger partial charge in [-0.05, 0) is 12.5 Å². The molecule has 1 unspecified atom stereocenters. The van der Waals surface area contributed by atoms with Crippen LogP contribution in [-0.4, -0.2) is 33.3 Å². The van der Waals surface area contributed by atoms with Crippen molar-refractivity contribution in [2.75, 3.05) is 21.3 Å². The van der Waals surface area contributed by atoms with Crippen molar-refractivity contribution in [2.24, 2.45) is 11.3 Å². The Kier molecular flexibility index (Phi) is 7.96. The van der Waals surface area contributed by atoms with Crippen molar-refractivity contribution in [3.8, 4) is 0 Å². The molecule has 0 aliphatic rings. The second-order valence-corrected chi connectivity index (χ2v) is 5.24. The third kappa shape index (κ3) is 5.23. The SMILES string of the molecule is CCCCC(C(=O)OC)C(C)(C)/C=C(/OC)C(=O)OC. The number of unbranched alkanes of at least 4 members (excludes halogenated alkanes) is 1. The Labute approximate surface area is 121 Å². The van der Waals surface area contributed by atoms with E-state index in [-0.39, 0.29) is 17.6 Å². The standard InChI is InChI=1S/C15H26O5/c1-7-8-9-11(13(16)19-5)15(2,3)10-12(18-4)14(17)20-6/h10-11H,7-9H2,1-6H3/b12-10+. The van der Waals surface area contributed by atoms with Crippen LogP contribution in [0.4, 0.5) is 0 Å². The van der Waals surface area contributed by atoms with Crippen LogP contribution in [0.3, 0.4) is 0 Å². The summed E-state index contributed by atoms with van der Waals surface area (Å²) >= 11 is 0. The zero-order valence-corrected chi connectivity index (χ0v) is 13.3. The summed E-state index contributed by atoms with van der Waals surface area (Å²) in [5.74, 6) is -1.06. The quantitative estimate of drug-likeness (QED) is 0.390. The Balaban J connectivity index is 5.32. The average Bonchev–Trinajstić information content (AvgIpc) is 2.43. The Bertz CT molecular complexity index is 357. The molecule has 0 rings (SSSR count). The first-order valence-electron chi connectivity index (χ1n) is 6.77. The van der Waals surface area contributed by atoms with Crippen molar-refractivity contribution < 1.29 is 23.8 Å². The molecule has 0 bridgehead atoms. The second kappa shape index (κ2) is 8.61. The van der Waals surface area contributed by atoms with Crippen LogP contribution in [0.15, 0.2) is 11.8 Å². The van der Waals surface area contributed by atoms with Gasteiger partial charge in [-0.15, -0.1) is 0 Å². The summed E-state index contributed by atoms with van der Waals surface area (Å²) in [7, 11) is 4.06. The zero-order valence-electron chi connectivity index (χ0n) is 13.3. The number of carbonyl (C=O) groups is 2. The molecule has 5 nitrogen and oxygen atoms in total. The molecular formula is C15H26O5. The molecular weight excluding hydrogens is 260 g/mol. The highest BCUT2D eigenvalue weighted by Crippen LogP contribution is 2.34. The van der Waals surface area contributed by atoms with E-state index in [1.165, 1.54) is 21.3 Å². The van der Waals surface area contributed by atoms with Crippen molar-refractivity contribution in [1.82, 2.24) is 0 Å². The number of allylic oxidation sites excluding steroid dienone is 1. The smallest absolute Gasteiger partial charge is 0.372 e. The predicted octanol–water partition coefficient (Wildman–Crippen LogP) is 2.70. The van der Waals surface area contributed by atoms with Crippen molar-refractivity contribution in [3.05, 3.63) is 11.8 Å². The van der Waals surface area contributed by atoms with Gasteiger partial charge >= 0.3 is 11.9 Å². The molecule has 0 aromatic carbocycles. The van der Waals surface area contributed by atoms with Gasteiger partial charge in [0, 0.05) is 5.41 Å². The number of hydrogen-bond acceptors (Lipinski definition) is 5. The van der Waals surface area contributed by atoms with Crippen molar-refractivity contribution in [3.63, 3.8) is 0 Å². The fraction of sp³-hybridized carbons (Fsp3) is 0.733. The fourth-order valence-corrected chi connectivity index (χ4v) is 2.08. The maximum atomic E-state index is 12.0. The number of ether oxygens (including phenoxy) is 3. The van der Waals surface area contributed by atoms with Gasteiger partial charge in [0.2, 0.25) is 5.76 Å². The molecule has 0 fully saturated rings. The molecule has 0 saturated heterocycles. The van der Waals surface area contributed by atoms with E-state index in [1.807, 2.05) is 13.8 Å². The topological polar surface area (TPSA) is 61.8 Å². The third-order valence-corrected chi connectivity index (χ3v) is 3.34. The van der Waals surface area contributed by atoms with Gasteiger partial charge in [-0.1, -0.05) is 33.6 Å². The molecule has 0 heterocycles. The summed E-state index contributed by atoms with van der Waals surface area (Å²) < 4.78 is 14.6. The van der Waals surface area contributed by atoms with Crippen molar-refractivity contribution in [1.29, 1.82) is 0 Å². The van der Waals surface area contributed by atoms with E-state index >= 15 is 0 Å². The van der Waals surface area contributed by atoms with Gasteiger partial charge in [-0.25, -0.2) is 4.79 Å². The third-order valence-electron chi connectivity index (χ3n) is 3.34. The van der Waals surface area contributed by atoms with Gasteiger partial charge in [-0.3, -0.25) is 4.79 Å². The molecule has 20 heavy (non-hydrogen) atoms. The molecule has 0 aromatic heterocycles. The Morgan fingerprint density at radius 3 is 2.10 bits per heavy atom. The summed E-state index contributed by atoms with van der Waals surface area (Å²) in [5, 5.41) is 0. The normalized spacial score (nSPS) is 13.6. The molecule has 0 amide bonds. The van der Waals surface area contributed by atoms with Crippen molar-refractivity contribution in [2.45, 2.75) is 40.0 Å². The maximum Gasteiger partial charge on any atom is 0.372 e. The van der Waals surface area contributed by atoms with Gasteiger partial charge in [0.25, 0.3) is 0 Å². The largest absolute Gasteiger partial charge is 0.490 e. The van der Waals surface area contributed by atoms with Crippen LogP contribution in [0.1, 0.15) is 40.0 Å². The van der Waals surface area contributed by atoms with Gasteiger partial charge in [0.05, 0.1) is 27.2 Å². The fourth-order valence-electron chi connectivity index (χ4n) is 2.08. The van der Waals surface area contributed by atoms with E-state index in [0.29, 0.717) is 6.42 Å². The van der Waals surface area contributed by atoms with Crippen LogP contribution >= 0.6 is 0 Å². The molecule has 0 aromatic rings. The van der Waals surface area contributed by atoms with E-state index in [1.54, 1.807) is 6.08 Å². The van der Waals surface area contributed by atoms with Crippen molar-refractivity contribution >= 4 is 11.9 Å². The molecule has 1 atom stereocenters. The first kappa shape index (κ1) is 18.5. The van der Waals surface area contributed by atoms with E-state index in [0.717, 1.165) is 12.8 Å². The molecule has 5 heteroatoms. The van der Waals surface area contributed by atoms with Crippen LogP contribution in [-0.2, 0) is 23.8 Å². The van der Waals surface area contributed by atoms with Gasteiger partial charge in [0.1, 0.15) is 0 Å². The minimum Gasteiger partial charge on any atom is -0.490 e. The first-order valence-corrected chi connectivity index (χ1v) is 6.77. The number of esters is 2. The number of rotatable bonds is 8. The lowest BCUT2D eigenvalue weighted by Gasteiger charge is -2.30. The number of hydrogen-bond donors (Lipinski definition) is 0. The second-order valence-electron chi connectivity index (χ2n) is 5.24. The summed E-state index contributed by atoms with van der Waals surface area (Å²) in [6.45, 7) is 5.82. The highest BCUT2D eigenvalue weighted by atomic mass is 16.6. The monoisotopic (exact) mass is 286 g/mol. The highest BCUT2D eigenvalue weighted by Gasteiger charge is 2.35. The molecule has 0 radical (unpaired) electrons. The minimum atomic E-state index is -0.568. The summed E-state index contributed by atoms with van der Waals surface area (Å²) in [5.41, 5.74) is -0.568. The van der Waals surface area contributed by atoms with Gasteiger partial charge in [-0.2, -0.15) is 0 Å². The van der Waals surface area contributed by atoms with Crippen LogP contribution in [0.2, 0.25) is 0 Å². The minimum absolute atomic E-state index is 0.0999. The Hall–Kier alpha value is -1.52. The number of carbonyl (C=O) groups excluding carboxylic acids is 2. The highest BCUT2D eigenvalue weighted by molar-refractivity contribution is 5.86. The van der Waals surface area contributed by atoms with Crippen LogP contribution in [0, 0.1) is 11.3 Å². The average molecular weight is 286 g/mol. The van der Waals surface area contributed by atoms with Crippen LogP contribution in [0.25, 0.3) is 0 Å². The van der Waals surface area contributed by atoms with E-state index in [9.17, 15) is 9.59 Å². The molecule has 116 valence electrons. The Morgan fingerprint density at radius 1 is 1.10 bits per heavy atom. The zero-order chi connectivity index (χ0) is 15.8. The molecule has 0 N–H and O–H groups in total. The summed E-state index contributed by atoms with van der Waals surface area (Å²) in [6, 6.07) is 0. The van der Waals surface area contributed by atoms with Gasteiger partial charge < -0.3 is 14.2 Å². The molecule has 0 saturated carbocycles. The molecule has 0 aliphatic heterocycles. The van der Waals surface area contributed by atoms with E-state index < -0.39 is 11.4 Å². The first-order chi connectivity index (χ1) is 9.33. The van der Waals surface area contributed by atoms with E-state index in [2.05, 4.69) is 11.7 Å². The predicted molar refractivity (Wildman–Crippen MR) is 75.9 cm³/mol. The van der Waals surface area contributed by atoms with E-state index in [4.69, 9.17) is 9.47 Å². The molecule has 0 spiro atoms. The van der Waals surface area contributed by atoms with Gasteiger partial charge in [0.15, 0.2) is 0 Å².